The first kappa shape index (κ1) is 21.9. The normalized spacial score (nSPS) is 10.9. The minimum absolute atomic E-state index is 0. The van der Waals surface area contributed by atoms with Crippen LogP contribution < -0.4 is 16.4 Å². The van der Waals surface area contributed by atoms with Gasteiger partial charge in [-0.3, -0.25) is 9.59 Å². The quantitative estimate of drug-likeness (QED) is 0.661. The number of amides is 2. The van der Waals surface area contributed by atoms with Gasteiger partial charge in [-0.15, -0.1) is 12.4 Å². The number of carbonyl (C=O) groups excluding carboxylic acids is 2. The summed E-state index contributed by atoms with van der Waals surface area (Å²) >= 11 is 0. The van der Waals surface area contributed by atoms with Crippen molar-refractivity contribution < 1.29 is 9.59 Å². The number of hydrogen-bond acceptors (Lipinski definition) is 3. The van der Waals surface area contributed by atoms with Crippen LogP contribution in [0.1, 0.15) is 43.5 Å². The van der Waals surface area contributed by atoms with Gasteiger partial charge in [0.05, 0.1) is 0 Å². The highest BCUT2D eigenvalue weighted by Gasteiger charge is 2.20. The van der Waals surface area contributed by atoms with Gasteiger partial charge in [-0.1, -0.05) is 44.2 Å². The van der Waals surface area contributed by atoms with Crippen LogP contribution in [0.25, 0.3) is 10.8 Å². The van der Waals surface area contributed by atoms with Crippen LogP contribution in [0.2, 0.25) is 0 Å². The summed E-state index contributed by atoms with van der Waals surface area (Å²) in [4.78, 5) is 24.1. The zero-order chi connectivity index (χ0) is 18.3. The molecule has 0 spiro atoms. The SMILES string of the molecule is CCC(N)(CC)CNC(=O)CCNC(=O)c1ccc2ccccc2c1.Cl. The molecule has 0 radical (unpaired) electrons. The third-order valence-corrected chi connectivity index (χ3v) is 4.70. The second kappa shape index (κ2) is 10.1. The van der Waals surface area contributed by atoms with Gasteiger partial charge >= 0.3 is 0 Å². The fourth-order valence-electron chi connectivity index (χ4n) is 2.59. The van der Waals surface area contributed by atoms with Gasteiger partial charge in [0, 0.05) is 30.6 Å². The predicted octanol–water partition coefficient (Wildman–Crippen LogP) is 3.02. The molecule has 142 valence electrons. The van der Waals surface area contributed by atoms with Crippen molar-refractivity contribution in [2.24, 2.45) is 5.73 Å². The summed E-state index contributed by atoms with van der Waals surface area (Å²) in [5.41, 5.74) is 6.40. The van der Waals surface area contributed by atoms with Crippen molar-refractivity contribution in [1.82, 2.24) is 10.6 Å². The Kier molecular flexibility index (Phi) is 8.55. The minimum Gasteiger partial charge on any atom is -0.354 e. The molecule has 2 aromatic rings. The molecule has 26 heavy (non-hydrogen) atoms. The van der Waals surface area contributed by atoms with Gasteiger partial charge in [0.1, 0.15) is 0 Å². The Morgan fingerprint density at radius 2 is 1.65 bits per heavy atom. The van der Waals surface area contributed by atoms with Crippen molar-refractivity contribution in [1.29, 1.82) is 0 Å². The van der Waals surface area contributed by atoms with Crippen LogP contribution in [0, 0.1) is 0 Å². The third kappa shape index (κ3) is 6.00. The fourth-order valence-corrected chi connectivity index (χ4v) is 2.59. The van der Waals surface area contributed by atoms with Gasteiger partial charge in [0.15, 0.2) is 0 Å². The van der Waals surface area contributed by atoms with Crippen molar-refractivity contribution in [3.63, 3.8) is 0 Å². The number of halogens is 1. The Balaban J connectivity index is 0.00000338. The Hall–Kier alpha value is -2.11. The minimum atomic E-state index is -0.357. The van der Waals surface area contributed by atoms with Crippen LogP contribution in [-0.4, -0.2) is 30.4 Å². The van der Waals surface area contributed by atoms with E-state index >= 15 is 0 Å². The number of fused-ring (bicyclic) bond motifs is 1. The first-order chi connectivity index (χ1) is 12.0. The molecule has 0 aliphatic rings. The summed E-state index contributed by atoms with van der Waals surface area (Å²) in [5, 5.41) is 7.75. The lowest BCUT2D eigenvalue weighted by molar-refractivity contribution is -0.121. The maximum absolute atomic E-state index is 12.2. The predicted molar refractivity (Wildman–Crippen MR) is 109 cm³/mol. The summed E-state index contributed by atoms with van der Waals surface area (Å²) in [6, 6.07) is 13.5. The molecule has 0 atom stereocenters. The number of nitrogens with one attached hydrogen (secondary N) is 2. The van der Waals surface area contributed by atoms with E-state index in [-0.39, 0.29) is 36.2 Å². The standard InChI is InChI=1S/C20H27N3O2.ClH/c1-3-20(21,4-2)14-23-18(24)11-12-22-19(25)17-10-9-15-7-5-6-8-16(15)13-17;/h5-10,13H,3-4,11-12,14,21H2,1-2H3,(H,22,25)(H,23,24);1H. The van der Waals surface area contributed by atoms with Crippen LogP contribution in [0.5, 0.6) is 0 Å². The van der Waals surface area contributed by atoms with E-state index in [0.717, 1.165) is 23.6 Å². The summed E-state index contributed by atoms with van der Waals surface area (Å²) in [6.45, 7) is 4.78. The van der Waals surface area contributed by atoms with Crippen LogP contribution in [0.4, 0.5) is 0 Å². The molecular weight excluding hydrogens is 350 g/mol. The molecule has 0 saturated heterocycles. The highest BCUT2D eigenvalue weighted by molar-refractivity contribution is 5.98. The van der Waals surface area contributed by atoms with E-state index < -0.39 is 0 Å². The lowest BCUT2D eigenvalue weighted by Crippen LogP contribution is -2.49. The first-order valence-electron chi connectivity index (χ1n) is 8.80. The third-order valence-electron chi connectivity index (χ3n) is 4.70. The second-order valence-corrected chi connectivity index (χ2v) is 6.41. The highest BCUT2D eigenvalue weighted by atomic mass is 35.5. The monoisotopic (exact) mass is 377 g/mol. The maximum atomic E-state index is 12.2. The molecule has 0 saturated carbocycles. The largest absolute Gasteiger partial charge is 0.354 e. The molecule has 4 N–H and O–H groups in total. The molecule has 0 aromatic heterocycles. The van der Waals surface area contributed by atoms with E-state index in [1.165, 1.54) is 0 Å². The molecule has 0 bridgehead atoms. The van der Waals surface area contributed by atoms with Crippen molar-refractivity contribution in [2.45, 2.75) is 38.6 Å². The molecule has 0 aliphatic heterocycles. The van der Waals surface area contributed by atoms with E-state index in [1.807, 2.05) is 50.2 Å². The Bertz CT molecular complexity index is 745. The summed E-state index contributed by atoms with van der Waals surface area (Å²) < 4.78 is 0. The van der Waals surface area contributed by atoms with Crippen LogP contribution in [0.3, 0.4) is 0 Å². The molecule has 5 nitrogen and oxygen atoms in total. The van der Waals surface area contributed by atoms with Crippen molar-refractivity contribution in [3.05, 3.63) is 48.0 Å². The first-order valence-corrected chi connectivity index (χ1v) is 8.80. The summed E-state index contributed by atoms with van der Waals surface area (Å²) in [7, 11) is 0. The Morgan fingerprint density at radius 1 is 1.00 bits per heavy atom. The average Bonchev–Trinajstić information content (AvgIpc) is 2.65. The van der Waals surface area contributed by atoms with Gasteiger partial charge in [0.25, 0.3) is 5.91 Å². The average molecular weight is 378 g/mol. The molecule has 0 fully saturated rings. The van der Waals surface area contributed by atoms with Crippen molar-refractivity contribution in [3.8, 4) is 0 Å². The van der Waals surface area contributed by atoms with Crippen molar-refractivity contribution >= 4 is 35.0 Å². The van der Waals surface area contributed by atoms with Gasteiger partial charge in [-0.25, -0.2) is 0 Å². The topological polar surface area (TPSA) is 84.2 Å². The lowest BCUT2D eigenvalue weighted by atomic mass is 9.94. The molecule has 2 amide bonds. The number of carbonyl (C=O) groups is 2. The Labute approximate surface area is 161 Å². The summed E-state index contributed by atoms with van der Waals surface area (Å²) in [5.74, 6) is -0.274. The molecule has 2 rings (SSSR count). The van der Waals surface area contributed by atoms with E-state index in [1.54, 1.807) is 6.07 Å². The number of hydrogen-bond donors (Lipinski definition) is 3. The van der Waals surface area contributed by atoms with Gasteiger partial charge in [-0.2, -0.15) is 0 Å². The van der Waals surface area contributed by atoms with Crippen molar-refractivity contribution in [2.75, 3.05) is 13.1 Å². The number of rotatable bonds is 8. The lowest BCUT2D eigenvalue weighted by Gasteiger charge is -2.26. The van der Waals surface area contributed by atoms with E-state index in [4.69, 9.17) is 5.73 Å². The van der Waals surface area contributed by atoms with E-state index in [9.17, 15) is 9.59 Å². The molecular formula is C20H28ClN3O2. The molecule has 2 aromatic carbocycles. The fraction of sp³-hybridized carbons (Fsp3) is 0.400. The smallest absolute Gasteiger partial charge is 0.251 e. The number of benzene rings is 2. The van der Waals surface area contributed by atoms with Crippen LogP contribution in [0.15, 0.2) is 42.5 Å². The maximum Gasteiger partial charge on any atom is 0.251 e. The number of nitrogens with two attached hydrogens (primary N) is 1. The Morgan fingerprint density at radius 3 is 2.31 bits per heavy atom. The molecule has 6 heteroatoms. The van der Waals surface area contributed by atoms with E-state index in [0.29, 0.717) is 18.7 Å². The molecule has 0 heterocycles. The second-order valence-electron chi connectivity index (χ2n) is 6.41. The van der Waals surface area contributed by atoms with Crippen LogP contribution in [-0.2, 0) is 4.79 Å². The highest BCUT2D eigenvalue weighted by Crippen LogP contribution is 2.15. The zero-order valence-corrected chi connectivity index (χ0v) is 16.2. The summed E-state index contributed by atoms with van der Waals surface area (Å²) in [6.07, 6.45) is 1.85. The van der Waals surface area contributed by atoms with E-state index in [2.05, 4.69) is 10.6 Å². The van der Waals surface area contributed by atoms with Gasteiger partial charge in [-0.05, 0) is 35.7 Å². The zero-order valence-electron chi connectivity index (χ0n) is 15.4. The van der Waals surface area contributed by atoms with Crippen LogP contribution >= 0.6 is 12.4 Å². The molecule has 0 unspecified atom stereocenters. The molecule has 0 aliphatic carbocycles. The van der Waals surface area contributed by atoms with Gasteiger partial charge < -0.3 is 16.4 Å². The van der Waals surface area contributed by atoms with Gasteiger partial charge in [0.2, 0.25) is 5.91 Å².